The van der Waals surface area contributed by atoms with E-state index in [2.05, 4.69) is 231 Å². The van der Waals surface area contributed by atoms with Gasteiger partial charge in [-0.1, -0.05) is 224 Å². The molecular weight excluding hydrogens is 793 g/mol. The van der Waals surface area contributed by atoms with Crippen LogP contribution in [-0.2, 0) is 5.41 Å². The van der Waals surface area contributed by atoms with Gasteiger partial charge >= 0.3 is 0 Å². The van der Waals surface area contributed by atoms with Crippen LogP contribution in [-0.4, -0.2) is 11.5 Å². The number of nitrogens with zero attached hydrogens (tertiary/aromatic N) is 2. The van der Waals surface area contributed by atoms with E-state index in [1.165, 1.54) is 65.4 Å². The fourth-order valence-corrected chi connectivity index (χ4v) is 11.5. The fraction of sp³-hybridized carbons (Fsp3) is 0.0492. The minimum Gasteiger partial charge on any atom is -0.232 e. The minimum absolute atomic E-state index is 0.470. The Bertz CT molecular complexity index is 3310. The van der Waals surface area contributed by atoms with Crippen LogP contribution in [0.5, 0.6) is 0 Å². The van der Waals surface area contributed by atoms with Crippen LogP contribution in [0.25, 0.3) is 50.2 Å². The molecule has 12 rings (SSSR count). The molecule has 0 fully saturated rings. The maximum atomic E-state index is 5.65. The number of hydrogen-bond acceptors (Lipinski definition) is 3. The molecule has 64 heavy (non-hydrogen) atoms. The van der Waals surface area contributed by atoms with Gasteiger partial charge in [-0.05, 0) is 103 Å². The molecule has 2 heterocycles. The first-order valence-electron chi connectivity index (χ1n) is 22.1. The van der Waals surface area contributed by atoms with Gasteiger partial charge in [0.05, 0.1) is 16.8 Å². The van der Waals surface area contributed by atoms with Gasteiger partial charge in [-0.3, -0.25) is 0 Å². The maximum absolute atomic E-state index is 5.65. The SMILES string of the molecule is C1=C(c2cccc(-c3ccccc3)c2)/N=C(c2ccccc2-c2cccc3c2Sc2ccccc2C32c3ccccc3-c3ccccc32)\N=C(\c2cccc(-c3ccccc3)c2)CC\1. The topological polar surface area (TPSA) is 24.7 Å². The van der Waals surface area contributed by atoms with E-state index in [1.54, 1.807) is 0 Å². The lowest BCUT2D eigenvalue weighted by atomic mass is 9.67. The molecule has 0 radical (unpaired) electrons. The van der Waals surface area contributed by atoms with Crippen molar-refractivity contribution in [1.82, 2.24) is 0 Å². The van der Waals surface area contributed by atoms with E-state index in [9.17, 15) is 0 Å². The highest BCUT2D eigenvalue weighted by molar-refractivity contribution is 7.99. The summed E-state index contributed by atoms with van der Waals surface area (Å²) >= 11 is 1.88. The first kappa shape index (κ1) is 38.1. The summed E-state index contributed by atoms with van der Waals surface area (Å²) < 4.78 is 0. The molecule has 1 aliphatic carbocycles. The van der Waals surface area contributed by atoms with E-state index in [1.807, 2.05) is 11.8 Å². The van der Waals surface area contributed by atoms with E-state index in [4.69, 9.17) is 9.98 Å². The second kappa shape index (κ2) is 16.0. The molecule has 0 saturated carbocycles. The average molecular weight is 835 g/mol. The maximum Gasteiger partial charge on any atom is 0.160 e. The molecule has 0 amide bonds. The monoisotopic (exact) mass is 834 g/mol. The van der Waals surface area contributed by atoms with E-state index in [0.717, 1.165) is 52.1 Å². The van der Waals surface area contributed by atoms with Crippen molar-refractivity contribution in [2.75, 3.05) is 0 Å². The highest BCUT2D eigenvalue weighted by Gasteiger charge is 2.50. The van der Waals surface area contributed by atoms with Gasteiger partial charge in [0.25, 0.3) is 0 Å². The second-order valence-corrected chi connectivity index (χ2v) is 17.7. The molecule has 9 aromatic rings. The molecule has 3 aliphatic rings. The lowest BCUT2D eigenvalue weighted by Gasteiger charge is -2.40. The van der Waals surface area contributed by atoms with Crippen molar-refractivity contribution in [3.63, 3.8) is 0 Å². The quantitative estimate of drug-likeness (QED) is 0.164. The third kappa shape index (κ3) is 6.34. The summed E-state index contributed by atoms with van der Waals surface area (Å²) in [4.78, 5) is 13.8. The molecule has 2 aliphatic heterocycles. The lowest BCUT2D eigenvalue weighted by Crippen LogP contribution is -2.32. The fourth-order valence-electron chi connectivity index (χ4n) is 10.2. The third-order valence-electron chi connectivity index (χ3n) is 13.1. The number of rotatable bonds is 6. The number of hydrogen-bond donors (Lipinski definition) is 0. The van der Waals surface area contributed by atoms with Crippen molar-refractivity contribution in [3.8, 4) is 44.5 Å². The number of aliphatic imine (C=N–C) groups is 2. The van der Waals surface area contributed by atoms with Gasteiger partial charge in [-0.15, -0.1) is 0 Å². The Morgan fingerprint density at radius 1 is 0.359 bits per heavy atom. The largest absolute Gasteiger partial charge is 0.232 e. The third-order valence-corrected chi connectivity index (χ3v) is 14.3. The predicted octanol–water partition coefficient (Wildman–Crippen LogP) is 15.6. The number of allylic oxidation sites excluding steroid dienone is 1. The Kier molecular flexibility index (Phi) is 9.50. The molecule has 3 heteroatoms. The summed E-state index contributed by atoms with van der Waals surface area (Å²) in [5, 5.41) is 0. The summed E-state index contributed by atoms with van der Waals surface area (Å²) in [6, 6.07) is 81.6. The van der Waals surface area contributed by atoms with Crippen molar-refractivity contribution >= 4 is 29.0 Å². The summed E-state index contributed by atoms with van der Waals surface area (Å²) in [6.07, 6.45) is 3.89. The zero-order valence-corrected chi connectivity index (χ0v) is 36.0. The van der Waals surface area contributed by atoms with Gasteiger partial charge in [-0.2, -0.15) is 0 Å². The van der Waals surface area contributed by atoms with Crippen LogP contribution in [0, 0.1) is 0 Å². The first-order chi connectivity index (χ1) is 31.7. The van der Waals surface area contributed by atoms with Gasteiger partial charge in [0.2, 0.25) is 0 Å². The number of amidine groups is 1. The van der Waals surface area contributed by atoms with E-state index in [0.29, 0.717) is 5.84 Å². The predicted molar refractivity (Wildman–Crippen MR) is 267 cm³/mol. The van der Waals surface area contributed by atoms with Crippen LogP contribution in [0.2, 0.25) is 0 Å². The summed E-state index contributed by atoms with van der Waals surface area (Å²) in [5.41, 5.74) is 19.6. The molecule has 0 unspecified atom stereocenters. The molecule has 0 aromatic heterocycles. The normalized spacial score (nSPS) is 16.9. The second-order valence-electron chi connectivity index (χ2n) is 16.7. The van der Waals surface area contributed by atoms with Gasteiger partial charge in [0, 0.05) is 20.9 Å². The zero-order valence-electron chi connectivity index (χ0n) is 35.2. The molecule has 0 bridgehead atoms. The molecule has 9 aromatic carbocycles. The Balaban J connectivity index is 1.07. The van der Waals surface area contributed by atoms with Crippen LogP contribution in [0.15, 0.2) is 250 Å². The van der Waals surface area contributed by atoms with E-state index >= 15 is 0 Å². The highest BCUT2D eigenvalue weighted by Crippen LogP contribution is 2.63. The van der Waals surface area contributed by atoms with E-state index in [-0.39, 0.29) is 0 Å². The zero-order chi connectivity index (χ0) is 42.5. The Labute approximate surface area is 379 Å². The van der Waals surface area contributed by atoms with Crippen molar-refractivity contribution < 1.29 is 0 Å². The molecule has 0 atom stereocenters. The molecule has 0 N–H and O–H groups in total. The van der Waals surface area contributed by atoms with Gasteiger partial charge in [-0.25, -0.2) is 9.98 Å². The van der Waals surface area contributed by atoms with Gasteiger partial charge in [0.1, 0.15) is 0 Å². The molecular formula is C61H42N2S. The van der Waals surface area contributed by atoms with Gasteiger partial charge in [0.15, 0.2) is 5.84 Å². The first-order valence-corrected chi connectivity index (χ1v) is 22.9. The van der Waals surface area contributed by atoms with Crippen molar-refractivity contribution in [2.24, 2.45) is 9.98 Å². The van der Waals surface area contributed by atoms with Crippen LogP contribution < -0.4 is 0 Å². The van der Waals surface area contributed by atoms with Crippen molar-refractivity contribution in [3.05, 3.63) is 269 Å². The Morgan fingerprint density at radius 2 is 0.844 bits per heavy atom. The summed E-state index contributed by atoms with van der Waals surface area (Å²) in [6.45, 7) is 0. The molecule has 2 nitrogen and oxygen atoms in total. The molecule has 1 spiro atoms. The average Bonchev–Trinajstić information content (AvgIpc) is 3.65. The van der Waals surface area contributed by atoms with E-state index < -0.39 is 5.41 Å². The summed E-state index contributed by atoms with van der Waals surface area (Å²) in [5.74, 6) is 0.705. The smallest absolute Gasteiger partial charge is 0.160 e. The van der Waals surface area contributed by atoms with Gasteiger partial charge < -0.3 is 0 Å². The Hall–Kier alpha value is -7.59. The molecule has 0 saturated heterocycles. The Morgan fingerprint density at radius 3 is 1.53 bits per heavy atom. The van der Waals surface area contributed by atoms with Crippen LogP contribution in [0.1, 0.15) is 51.8 Å². The standard InChI is InChI=1S/C61H42N2S/c1-3-19-41(20-4-1)43-23-15-25-45(39-43)56-36-18-37-57(46-26-16-24-44(40-46)42-21-5-2-6-22-42)63-60(62-56)51-30-8-7-27-47(51)50-31-17-35-55-59(50)64-58-38-14-13-34-54(58)61(55)52-32-11-9-28-48(52)49-29-10-12-33-53(49)61/h1-17,19-36,38-40H,18,37H2/b56-36-,62-60-,63-57+. The lowest BCUT2D eigenvalue weighted by molar-refractivity contribution is 0.723. The van der Waals surface area contributed by atoms with Crippen LogP contribution >= 0.6 is 11.8 Å². The number of fused-ring (bicyclic) bond motifs is 9. The highest BCUT2D eigenvalue weighted by atomic mass is 32.2. The van der Waals surface area contributed by atoms with Crippen LogP contribution in [0.4, 0.5) is 0 Å². The summed E-state index contributed by atoms with van der Waals surface area (Å²) in [7, 11) is 0. The molecule has 302 valence electrons. The minimum atomic E-state index is -0.470. The van der Waals surface area contributed by atoms with Crippen LogP contribution in [0.3, 0.4) is 0 Å². The number of benzene rings is 9. The van der Waals surface area contributed by atoms with Crippen molar-refractivity contribution in [2.45, 2.75) is 28.0 Å². The van der Waals surface area contributed by atoms with Crippen molar-refractivity contribution in [1.29, 1.82) is 0 Å².